The molecule has 3 rings (SSSR count). The Morgan fingerprint density at radius 1 is 1.00 bits per heavy atom. The van der Waals surface area contributed by atoms with Crippen LogP contribution >= 0.6 is 0 Å². The summed E-state index contributed by atoms with van der Waals surface area (Å²) in [6.07, 6.45) is 1.56. The number of nitrogens with zero attached hydrogens (tertiary/aromatic N) is 4. The second kappa shape index (κ2) is 3.30. The lowest BCUT2D eigenvalue weighted by molar-refractivity contribution is 0.803. The Kier molecular flexibility index (Phi) is 1.83. The van der Waals surface area contributed by atoms with E-state index in [2.05, 4.69) is 10.2 Å². The third-order valence-electron chi connectivity index (χ3n) is 2.30. The Hall–Kier alpha value is -2.43. The SMILES string of the molecule is O=c1n(-c2ccccc2)nc2cccnn12. The average molecular weight is 212 g/mol. The van der Waals surface area contributed by atoms with E-state index in [-0.39, 0.29) is 5.69 Å². The zero-order valence-electron chi connectivity index (χ0n) is 8.32. The molecular weight excluding hydrogens is 204 g/mol. The standard InChI is InChI=1S/C11H8N4O/c16-11-14(9-5-2-1-3-6-9)13-10-7-4-8-12-15(10)11/h1-8H. The van der Waals surface area contributed by atoms with Gasteiger partial charge in [-0.1, -0.05) is 18.2 Å². The fraction of sp³-hybridized carbons (Fsp3) is 0. The topological polar surface area (TPSA) is 52.2 Å². The molecule has 0 aliphatic rings. The predicted molar refractivity (Wildman–Crippen MR) is 58.6 cm³/mol. The summed E-state index contributed by atoms with van der Waals surface area (Å²) >= 11 is 0. The maximum absolute atomic E-state index is 11.9. The van der Waals surface area contributed by atoms with Gasteiger partial charge in [-0.3, -0.25) is 0 Å². The van der Waals surface area contributed by atoms with Crippen LogP contribution in [0.3, 0.4) is 0 Å². The molecule has 0 saturated heterocycles. The van der Waals surface area contributed by atoms with E-state index >= 15 is 0 Å². The van der Waals surface area contributed by atoms with Gasteiger partial charge < -0.3 is 0 Å². The van der Waals surface area contributed by atoms with Crippen LogP contribution in [0.5, 0.6) is 0 Å². The van der Waals surface area contributed by atoms with Crippen LogP contribution in [0.25, 0.3) is 11.3 Å². The van der Waals surface area contributed by atoms with Crippen molar-refractivity contribution in [3.8, 4) is 5.69 Å². The molecule has 0 aliphatic heterocycles. The lowest BCUT2D eigenvalue weighted by Gasteiger charge is -1.95. The molecule has 0 N–H and O–H groups in total. The fourth-order valence-corrected chi connectivity index (χ4v) is 1.56. The molecule has 2 heterocycles. The summed E-state index contributed by atoms with van der Waals surface area (Å²) in [5.41, 5.74) is 1.01. The minimum atomic E-state index is -0.262. The van der Waals surface area contributed by atoms with Crippen LogP contribution < -0.4 is 5.69 Å². The number of aromatic nitrogens is 4. The Morgan fingerprint density at radius 3 is 2.56 bits per heavy atom. The number of para-hydroxylation sites is 1. The van der Waals surface area contributed by atoms with Crippen LogP contribution in [0.4, 0.5) is 0 Å². The van der Waals surface area contributed by atoms with Crippen LogP contribution in [-0.4, -0.2) is 19.4 Å². The second-order valence-electron chi connectivity index (χ2n) is 3.32. The summed E-state index contributed by atoms with van der Waals surface area (Å²) in [5.74, 6) is 0. The molecule has 0 atom stereocenters. The quantitative estimate of drug-likeness (QED) is 0.601. The average Bonchev–Trinajstić information content (AvgIpc) is 2.69. The summed E-state index contributed by atoms with van der Waals surface area (Å²) in [6.45, 7) is 0. The number of hydrogen-bond acceptors (Lipinski definition) is 3. The summed E-state index contributed by atoms with van der Waals surface area (Å²) < 4.78 is 2.61. The van der Waals surface area contributed by atoms with Gasteiger partial charge in [0.2, 0.25) is 0 Å². The highest BCUT2D eigenvalue weighted by atomic mass is 16.2. The molecule has 5 nitrogen and oxygen atoms in total. The van der Waals surface area contributed by atoms with Crippen molar-refractivity contribution in [3.05, 3.63) is 59.1 Å². The minimum absolute atomic E-state index is 0.262. The molecule has 0 bridgehead atoms. The van der Waals surface area contributed by atoms with Gasteiger partial charge >= 0.3 is 5.69 Å². The van der Waals surface area contributed by atoms with E-state index in [9.17, 15) is 4.79 Å². The maximum Gasteiger partial charge on any atom is 0.371 e. The van der Waals surface area contributed by atoms with E-state index < -0.39 is 0 Å². The van der Waals surface area contributed by atoms with Crippen LogP contribution in [-0.2, 0) is 0 Å². The van der Waals surface area contributed by atoms with E-state index in [1.807, 2.05) is 30.3 Å². The van der Waals surface area contributed by atoms with Crippen molar-refractivity contribution in [1.29, 1.82) is 0 Å². The van der Waals surface area contributed by atoms with Crippen LogP contribution in [0.2, 0.25) is 0 Å². The van der Waals surface area contributed by atoms with Crippen molar-refractivity contribution in [2.75, 3.05) is 0 Å². The monoisotopic (exact) mass is 212 g/mol. The highest BCUT2D eigenvalue weighted by Gasteiger charge is 2.07. The largest absolute Gasteiger partial charge is 0.371 e. The first-order chi connectivity index (χ1) is 7.86. The molecule has 0 spiro atoms. The molecule has 0 unspecified atom stereocenters. The van der Waals surface area contributed by atoms with Gasteiger partial charge in [0.15, 0.2) is 5.65 Å². The Bertz CT molecular complexity index is 684. The molecule has 5 heteroatoms. The Morgan fingerprint density at radius 2 is 1.81 bits per heavy atom. The van der Waals surface area contributed by atoms with E-state index in [1.54, 1.807) is 18.3 Å². The van der Waals surface area contributed by atoms with Gasteiger partial charge in [-0.05, 0) is 24.3 Å². The number of hydrogen-bond donors (Lipinski definition) is 0. The van der Waals surface area contributed by atoms with E-state index in [0.717, 1.165) is 5.69 Å². The molecule has 16 heavy (non-hydrogen) atoms. The zero-order chi connectivity index (χ0) is 11.0. The second-order valence-corrected chi connectivity index (χ2v) is 3.32. The van der Waals surface area contributed by atoms with Crippen LogP contribution in [0.1, 0.15) is 0 Å². The van der Waals surface area contributed by atoms with E-state index in [0.29, 0.717) is 5.65 Å². The van der Waals surface area contributed by atoms with Crippen molar-refractivity contribution in [2.24, 2.45) is 0 Å². The normalized spacial score (nSPS) is 10.8. The molecule has 0 aliphatic carbocycles. The van der Waals surface area contributed by atoms with E-state index in [1.165, 1.54) is 9.20 Å². The first-order valence-corrected chi connectivity index (χ1v) is 4.85. The predicted octanol–water partition coefficient (Wildman–Crippen LogP) is 0.880. The highest BCUT2D eigenvalue weighted by Crippen LogP contribution is 2.03. The number of rotatable bonds is 1. The zero-order valence-corrected chi connectivity index (χ0v) is 8.32. The van der Waals surface area contributed by atoms with Gasteiger partial charge in [0.1, 0.15) is 0 Å². The van der Waals surface area contributed by atoms with Gasteiger partial charge in [-0.25, -0.2) is 4.79 Å². The molecule has 1 aromatic carbocycles. The van der Waals surface area contributed by atoms with Gasteiger partial charge in [-0.15, -0.1) is 5.10 Å². The number of benzene rings is 1. The molecule has 78 valence electrons. The van der Waals surface area contributed by atoms with Crippen molar-refractivity contribution < 1.29 is 0 Å². The third-order valence-corrected chi connectivity index (χ3v) is 2.30. The van der Waals surface area contributed by atoms with Crippen molar-refractivity contribution >= 4 is 5.65 Å². The van der Waals surface area contributed by atoms with Gasteiger partial charge in [0.05, 0.1) is 5.69 Å². The minimum Gasteiger partial charge on any atom is -0.243 e. The molecule has 0 fully saturated rings. The van der Waals surface area contributed by atoms with Crippen LogP contribution in [0, 0.1) is 0 Å². The van der Waals surface area contributed by atoms with Gasteiger partial charge in [0, 0.05) is 6.20 Å². The summed E-state index contributed by atoms with van der Waals surface area (Å²) in [6, 6.07) is 12.8. The molecule has 2 aromatic heterocycles. The fourth-order valence-electron chi connectivity index (χ4n) is 1.56. The Balaban J connectivity index is 2.34. The maximum atomic E-state index is 11.9. The third kappa shape index (κ3) is 1.22. The lowest BCUT2D eigenvalue weighted by Crippen LogP contribution is -2.20. The smallest absolute Gasteiger partial charge is 0.243 e. The summed E-state index contributed by atoms with van der Waals surface area (Å²) in [7, 11) is 0. The molecule has 0 saturated carbocycles. The highest BCUT2D eigenvalue weighted by molar-refractivity contribution is 5.37. The number of fused-ring (bicyclic) bond motifs is 1. The van der Waals surface area contributed by atoms with Crippen molar-refractivity contribution in [1.82, 2.24) is 19.4 Å². The Labute approximate surface area is 90.6 Å². The lowest BCUT2D eigenvalue weighted by atomic mass is 10.3. The van der Waals surface area contributed by atoms with Crippen LogP contribution in [0.15, 0.2) is 53.5 Å². The molecule has 3 aromatic rings. The first kappa shape index (κ1) is 8.84. The first-order valence-electron chi connectivity index (χ1n) is 4.85. The summed E-state index contributed by atoms with van der Waals surface area (Å²) in [5, 5.41) is 8.13. The van der Waals surface area contributed by atoms with E-state index in [4.69, 9.17) is 0 Å². The van der Waals surface area contributed by atoms with Gasteiger partial charge in [0.25, 0.3) is 0 Å². The molecular formula is C11H8N4O. The van der Waals surface area contributed by atoms with Crippen molar-refractivity contribution in [2.45, 2.75) is 0 Å². The van der Waals surface area contributed by atoms with Crippen molar-refractivity contribution in [3.63, 3.8) is 0 Å². The van der Waals surface area contributed by atoms with Gasteiger partial charge in [-0.2, -0.15) is 14.3 Å². The molecule has 0 amide bonds. The summed E-state index contributed by atoms with van der Waals surface area (Å²) in [4.78, 5) is 11.9. The molecule has 0 radical (unpaired) electrons.